The van der Waals surface area contributed by atoms with Crippen molar-refractivity contribution in [1.82, 2.24) is 15.3 Å². The lowest BCUT2D eigenvalue weighted by Crippen LogP contribution is -2.49. The summed E-state index contributed by atoms with van der Waals surface area (Å²) in [5, 5.41) is 2.84. The molecule has 0 saturated carbocycles. The SMILES string of the molecule is CCC(C(=O)NCc1cccc(C)n1)N(c1ccc(OC)nc1)S(=O)(=O)c1ccccc1C. The molecule has 2 aromatic heterocycles. The van der Waals surface area contributed by atoms with Crippen molar-refractivity contribution in [2.75, 3.05) is 11.4 Å². The van der Waals surface area contributed by atoms with Gasteiger partial charge in [0.25, 0.3) is 10.0 Å². The van der Waals surface area contributed by atoms with Crippen molar-refractivity contribution in [2.24, 2.45) is 0 Å². The Bertz CT molecular complexity index is 1210. The van der Waals surface area contributed by atoms with Gasteiger partial charge in [0, 0.05) is 11.8 Å². The van der Waals surface area contributed by atoms with E-state index in [0.29, 0.717) is 17.1 Å². The zero-order valence-electron chi connectivity index (χ0n) is 19.1. The number of anilines is 1. The van der Waals surface area contributed by atoms with Crippen LogP contribution in [0.4, 0.5) is 5.69 Å². The lowest BCUT2D eigenvalue weighted by Gasteiger charge is -2.31. The lowest BCUT2D eigenvalue weighted by atomic mass is 10.2. The van der Waals surface area contributed by atoms with Crippen molar-refractivity contribution >= 4 is 21.6 Å². The van der Waals surface area contributed by atoms with Gasteiger partial charge in [0.1, 0.15) is 6.04 Å². The first-order chi connectivity index (χ1) is 15.8. The smallest absolute Gasteiger partial charge is 0.265 e. The number of pyridine rings is 2. The number of nitrogens with zero attached hydrogens (tertiary/aromatic N) is 3. The van der Waals surface area contributed by atoms with Crippen LogP contribution in [0.15, 0.2) is 65.7 Å². The van der Waals surface area contributed by atoms with Gasteiger partial charge in [-0.25, -0.2) is 13.4 Å². The summed E-state index contributed by atoms with van der Waals surface area (Å²) in [6.45, 7) is 5.55. The number of aromatic nitrogens is 2. The summed E-state index contributed by atoms with van der Waals surface area (Å²) in [6, 6.07) is 14.4. The summed E-state index contributed by atoms with van der Waals surface area (Å²) in [5.41, 5.74) is 2.39. The van der Waals surface area contributed by atoms with E-state index in [0.717, 1.165) is 10.00 Å². The Morgan fingerprint density at radius 3 is 2.45 bits per heavy atom. The fourth-order valence-corrected chi connectivity index (χ4v) is 5.42. The van der Waals surface area contributed by atoms with Gasteiger partial charge in [-0.15, -0.1) is 0 Å². The Kier molecular flexibility index (Phi) is 7.65. The Hall–Kier alpha value is -3.46. The first kappa shape index (κ1) is 24.2. The molecule has 1 unspecified atom stereocenters. The van der Waals surface area contributed by atoms with Crippen LogP contribution in [0, 0.1) is 13.8 Å². The number of carbonyl (C=O) groups excluding carboxylic acids is 1. The van der Waals surface area contributed by atoms with E-state index < -0.39 is 22.0 Å². The van der Waals surface area contributed by atoms with Crippen LogP contribution >= 0.6 is 0 Å². The fourth-order valence-electron chi connectivity index (χ4n) is 3.51. The predicted octanol–water partition coefficient (Wildman–Crippen LogP) is 3.39. The highest BCUT2D eigenvalue weighted by Crippen LogP contribution is 2.29. The van der Waals surface area contributed by atoms with Crippen LogP contribution in [0.1, 0.15) is 30.3 Å². The van der Waals surface area contributed by atoms with Crippen LogP contribution in [0.25, 0.3) is 0 Å². The van der Waals surface area contributed by atoms with Crippen LogP contribution in [-0.4, -0.2) is 37.4 Å². The van der Waals surface area contributed by atoms with E-state index in [2.05, 4.69) is 15.3 Å². The molecule has 0 bridgehead atoms. The second-order valence-electron chi connectivity index (χ2n) is 7.54. The molecule has 3 aromatic rings. The summed E-state index contributed by atoms with van der Waals surface area (Å²) in [7, 11) is -2.60. The van der Waals surface area contributed by atoms with E-state index in [-0.39, 0.29) is 23.5 Å². The van der Waals surface area contributed by atoms with Gasteiger partial charge in [0.15, 0.2) is 0 Å². The molecule has 9 heteroatoms. The van der Waals surface area contributed by atoms with E-state index >= 15 is 0 Å². The van der Waals surface area contributed by atoms with Gasteiger partial charge in [0.2, 0.25) is 11.8 Å². The summed E-state index contributed by atoms with van der Waals surface area (Å²) < 4.78 is 33.9. The molecule has 2 heterocycles. The number of ether oxygens (including phenoxy) is 1. The molecule has 174 valence electrons. The average Bonchev–Trinajstić information content (AvgIpc) is 2.81. The van der Waals surface area contributed by atoms with Crippen molar-refractivity contribution < 1.29 is 17.9 Å². The predicted molar refractivity (Wildman–Crippen MR) is 127 cm³/mol. The highest BCUT2D eigenvalue weighted by molar-refractivity contribution is 7.93. The molecule has 0 saturated heterocycles. The third-order valence-electron chi connectivity index (χ3n) is 5.18. The van der Waals surface area contributed by atoms with Gasteiger partial charge < -0.3 is 10.1 Å². The van der Waals surface area contributed by atoms with E-state index in [1.165, 1.54) is 19.4 Å². The second kappa shape index (κ2) is 10.4. The number of hydrogen-bond donors (Lipinski definition) is 1. The number of benzene rings is 1. The second-order valence-corrected chi connectivity index (χ2v) is 9.32. The summed E-state index contributed by atoms with van der Waals surface area (Å²) >= 11 is 0. The molecule has 1 atom stereocenters. The summed E-state index contributed by atoms with van der Waals surface area (Å²) in [5.74, 6) is -0.0798. The van der Waals surface area contributed by atoms with Crippen LogP contribution < -0.4 is 14.4 Å². The Labute approximate surface area is 194 Å². The van der Waals surface area contributed by atoms with Crippen LogP contribution in [0.2, 0.25) is 0 Å². The maximum Gasteiger partial charge on any atom is 0.265 e. The molecule has 1 aromatic carbocycles. The first-order valence-electron chi connectivity index (χ1n) is 10.6. The number of carbonyl (C=O) groups is 1. The molecule has 0 spiro atoms. The molecular weight excluding hydrogens is 440 g/mol. The van der Waals surface area contributed by atoms with Crippen LogP contribution in [0.3, 0.4) is 0 Å². The summed E-state index contributed by atoms with van der Waals surface area (Å²) in [4.78, 5) is 21.9. The van der Waals surface area contributed by atoms with Crippen molar-refractivity contribution in [3.63, 3.8) is 0 Å². The fraction of sp³-hybridized carbons (Fsp3) is 0.292. The number of amides is 1. The van der Waals surface area contributed by atoms with E-state index in [1.807, 2.05) is 25.1 Å². The van der Waals surface area contributed by atoms with Crippen molar-refractivity contribution in [1.29, 1.82) is 0 Å². The van der Waals surface area contributed by atoms with Gasteiger partial charge in [-0.05, 0) is 50.1 Å². The highest BCUT2D eigenvalue weighted by Gasteiger charge is 2.36. The number of sulfonamides is 1. The maximum absolute atomic E-state index is 13.8. The van der Waals surface area contributed by atoms with Crippen LogP contribution in [0.5, 0.6) is 5.88 Å². The molecule has 33 heavy (non-hydrogen) atoms. The number of hydrogen-bond acceptors (Lipinski definition) is 6. The Morgan fingerprint density at radius 1 is 1.09 bits per heavy atom. The highest BCUT2D eigenvalue weighted by atomic mass is 32.2. The first-order valence-corrected chi connectivity index (χ1v) is 12.0. The molecule has 0 radical (unpaired) electrons. The zero-order valence-corrected chi connectivity index (χ0v) is 20.0. The molecule has 0 aliphatic heterocycles. The average molecular weight is 469 g/mol. The van der Waals surface area contributed by atoms with Gasteiger partial charge in [-0.3, -0.25) is 14.1 Å². The van der Waals surface area contributed by atoms with Gasteiger partial charge in [-0.2, -0.15) is 0 Å². The molecule has 0 aliphatic carbocycles. The Balaban J connectivity index is 2.00. The third-order valence-corrected chi connectivity index (χ3v) is 7.17. The molecule has 0 aliphatic rings. The quantitative estimate of drug-likeness (QED) is 0.517. The van der Waals surface area contributed by atoms with Gasteiger partial charge in [0.05, 0.1) is 36.1 Å². The van der Waals surface area contributed by atoms with E-state index in [1.54, 1.807) is 44.2 Å². The van der Waals surface area contributed by atoms with Gasteiger partial charge in [-0.1, -0.05) is 31.2 Å². The molecule has 0 fully saturated rings. The number of rotatable bonds is 9. The largest absolute Gasteiger partial charge is 0.481 e. The monoisotopic (exact) mass is 468 g/mol. The van der Waals surface area contributed by atoms with Gasteiger partial charge >= 0.3 is 0 Å². The maximum atomic E-state index is 13.8. The van der Waals surface area contributed by atoms with E-state index in [9.17, 15) is 13.2 Å². The minimum atomic E-state index is -4.07. The number of methoxy groups -OCH3 is 1. The number of aryl methyl sites for hydroxylation is 2. The Morgan fingerprint density at radius 2 is 1.85 bits per heavy atom. The summed E-state index contributed by atoms with van der Waals surface area (Å²) in [6.07, 6.45) is 1.65. The molecule has 1 N–H and O–H groups in total. The van der Waals surface area contributed by atoms with Crippen molar-refractivity contribution in [3.05, 3.63) is 77.7 Å². The zero-order chi connectivity index (χ0) is 24.0. The van der Waals surface area contributed by atoms with Crippen LogP contribution in [-0.2, 0) is 21.4 Å². The minimum Gasteiger partial charge on any atom is -0.481 e. The number of nitrogens with one attached hydrogen (secondary N) is 1. The van der Waals surface area contributed by atoms with Crippen molar-refractivity contribution in [3.8, 4) is 5.88 Å². The third kappa shape index (κ3) is 5.48. The molecule has 8 nitrogen and oxygen atoms in total. The topological polar surface area (TPSA) is 101 Å². The standard InChI is InChI=1S/C24H28N4O4S/c1-5-21(24(29)26-15-19-11-8-10-18(3)27-19)28(20-13-14-23(32-4)25-16-20)33(30,31)22-12-7-6-9-17(22)2/h6-14,16,21H,5,15H2,1-4H3,(H,26,29). The normalized spacial score (nSPS) is 12.1. The van der Waals surface area contributed by atoms with Crippen molar-refractivity contribution in [2.45, 2.75) is 44.7 Å². The molecule has 3 rings (SSSR count). The van der Waals surface area contributed by atoms with E-state index in [4.69, 9.17) is 4.74 Å². The lowest BCUT2D eigenvalue weighted by molar-refractivity contribution is -0.122. The molecule has 1 amide bonds. The minimum absolute atomic E-state index is 0.132. The molecular formula is C24H28N4O4S.